The summed E-state index contributed by atoms with van der Waals surface area (Å²) in [6.45, 7) is 6.31. The van der Waals surface area contributed by atoms with Gasteiger partial charge in [-0.25, -0.2) is 0 Å². The fraction of sp³-hybridized carbons (Fsp3) is 0.231. The monoisotopic (exact) mass is 172 g/mol. The van der Waals surface area contributed by atoms with Crippen LogP contribution in [0.3, 0.4) is 0 Å². The summed E-state index contributed by atoms with van der Waals surface area (Å²) < 4.78 is 0. The van der Waals surface area contributed by atoms with Crippen molar-refractivity contribution in [3.8, 4) is 0 Å². The maximum Gasteiger partial charge on any atom is -0.0198 e. The Labute approximate surface area is 80.6 Å². The summed E-state index contributed by atoms with van der Waals surface area (Å²) in [7, 11) is 0. The van der Waals surface area contributed by atoms with E-state index < -0.39 is 0 Å². The highest BCUT2D eigenvalue weighted by molar-refractivity contribution is 5.67. The van der Waals surface area contributed by atoms with Gasteiger partial charge in [-0.2, -0.15) is 0 Å². The minimum Gasteiger partial charge on any atom is -0.0877 e. The topological polar surface area (TPSA) is 0 Å². The van der Waals surface area contributed by atoms with Gasteiger partial charge < -0.3 is 0 Å². The largest absolute Gasteiger partial charge is 0.0877 e. The highest BCUT2D eigenvalue weighted by Crippen LogP contribution is 2.17. The molecule has 1 aromatic carbocycles. The smallest absolute Gasteiger partial charge is 0.0198 e. The molecular formula is C13H16. The molecule has 1 rings (SSSR count). The van der Waals surface area contributed by atoms with Gasteiger partial charge in [0, 0.05) is 0 Å². The molecule has 1 aromatic rings. The average Bonchev–Trinajstić information content (AvgIpc) is 2.15. The maximum atomic E-state index is 2.16. The summed E-state index contributed by atoms with van der Waals surface area (Å²) in [6, 6.07) is 8.45. The minimum absolute atomic E-state index is 1.32. The summed E-state index contributed by atoms with van der Waals surface area (Å²) in [5.74, 6) is 0. The van der Waals surface area contributed by atoms with Crippen molar-refractivity contribution in [2.24, 2.45) is 0 Å². The third kappa shape index (κ3) is 2.59. The molecule has 0 radical (unpaired) electrons. The first-order chi connectivity index (χ1) is 6.25. The molecular weight excluding hydrogens is 156 g/mol. The van der Waals surface area contributed by atoms with Crippen LogP contribution >= 0.6 is 0 Å². The van der Waals surface area contributed by atoms with Crippen molar-refractivity contribution in [1.82, 2.24) is 0 Å². The van der Waals surface area contributed by atoms with Gasteiger partial charge in [0.2, 0.25) is 0 Å². The molecule has 13 heavy (non-hydrogen) atoms. The number of allylic oxidation sites excluding steroid dienone is 4. The molecule has 0 amide bonds. The number of hydrogen-bond donors (Lipinski definition) is 0. The fourth-order valence-corrected chi connectivity index (χ4v) is 1.35. The van der Waals surface area contributed by atoms with Crippen molar-refractivity contribution in [3.05, 3.63) is 53.6 Å². The highest BCUT2D eigenvalue weighted by Gasteiger charge is 1.96. The highest BCUT2D eigenvalue weighted by atomic mass is 14.0. The van der Waals surface area contributed by atoms with Crippen molar-refractivity contribution < 1.29 is 0 Å². The Kier molecular flexibility index (Phi) is 3.51. The van der Waals surface area contributed by atoms with Crippen LogP contribution in [-0.2, 0) is 0 Å². The van der Waals surface area contributed by atoms with Crippen molar-refractivity contribution in [3.63, 3.8) is 0 Å². The quantitative estimate of drug-likeness (QED) is 0.592. The van der Waals surface area contributed by atoms with Gasteiger partial charge in [0.25, 0.3) is 0 Å². The van der Waals surface area contributed by atoms with Gasteiger partial charge in [0.15, 0.2) is 0 Å². The third-order valence-corrected chi connectivity index (χ3v) is 2.11. The molecule has 0 nitrogen and oxygen atoms in total. The summed E-state index contributed by atoms with van der Waals surface area (Å²) in [5.41, 5.74) is 3.98. The van der Waals surface area contributed by atoms with Gasteiger partial charge in [-0.3, -0.25) is 0 Å². The number of hydrogen-bond acceptors (Lipinski definition) is 0. The molecule has 0 bridgehead atoms. The molecule has 0 heteroatoms. The maximum absolute atomic E-state index is 2.16. The SMILES string of the molecule is C/C=C\C=C(\C)c1ccccc1C. The van der Waals surface area contributed by atoms with E-state index in [1.54, 1.807) is 0 Å². The number of benzene rings is 1. The molecule has 0 aromatic heterocycles. The van der Waals surface area contributed by atoms with Crippen molar-refractivity contribution in [2.45, 2.75) is 20.8 Å². The Balaban J connectivity index is 3.01. The molecule has 0 N–H and O–H groups in total. The van der Waals surface area contributed by atoms with E-state index in [4.69, 9.17) is 0 Å². The average molecular weight is 172 g/mol. The molecule has 0 aliphatic rings. The van der Waals surface area contributed by atoms with Gasteiger partial charge in [0.1, 0.15) is 0 Å². The lowest BCUT2D eigenvalue weighted by Crippen LogP contribution is -1.83. The first-order valence-electron chi connectivity index (χ1n) is 4.61. The van der Waals surface area contributed by atoms with Crippen LogP contribution in [0.2, 0.25) is 0 Å². The number of rotatable bonds is 2. The Morgan fingerprint density at radius 3 is 2.54 bits per heavy atom. The van der Waals surface area contributed by atoms with Gasteiger partial charge in [-0.05, 0) is 37.5 Å². The molecule has 0 fully saturated rings. The van der Waals surface area contributed by atoms with Gasteiger partial charge >= 0.3 is 0 Å². The molecule has 0 saturated heterocycles. The normalized spacial score (nSPS) is 12.4. The molecule has 0 saturated carbocycles. The van der Waals surface area contributed by atoms with Crippen LogP contribution in [0.15, 0.2) is 42.5 Å². The summed E-state index contributed by atoms with van der Waals surface area (Å²) in [4.78, 5) is 0. The van der Waals surface area contributed by atoms with E-state index in [1.807, 2.05) is 13.0 Å². The van der Waals surface area contributed by atoms with E-state index in [9.17, 15) is 0 Å². The molecule has 0 aliphatic heterocycles. The van der Waals surface area contributed by atoms with Gasteiger partial charge in [-0.1, -0.05) is 42.5 Å². The fourth-order valence-electron chi connectivity index (χ4n) is 1.35. The molecule has 0 spiro atoms. The van der Waals surface area contributed by atoms with Crippen molar-refractivity contribution in [2.75, 3.05) is 0 Å². The summed E-state index contributed by atoms with van der Waals surface area (Å²) in [6.07, 6.45) is 6.26. The predicted molar refractivity (Wildman–Crippen MR) is 59.6 cm³/mol. The molecule has 0 atom stereocenters. The Morgan fingerprint density at radius 1 is 1.23 bits per heavy atom. The van der Waals surface area contributed by atoms with E-state index in [2.05, 4.69) is 50.3 Å². The molecule has 0 aliphatic carbocycles. The van der Waals surface area contributed by atoms with Crippen LogP contribution in [0.4, 0.5) is 0 Å². The molecule has 68 valence electrons. The standard InChI is InChI=1S/C13H16/c1-4-5-8-11(2)13-10-7-6-9-12(13)3/h4-10H,1-3H3/b5-4-,11-8-. The Hall–Kier alpha value is -1.30. The predicted octanol–water partition coefficient (Wildman–Crippen LogP) is 3.97. The van der Waals surface area contributed by atoms with Gasteiger partial charge in [-0.15, -0.1) is 0 Å². The second-order valence-corrected chi connectivity index (χ2v) is 3.19. The molecule has 0 heterocycles. The van der Waals surface area contributed by atoms with Crippen LogP contribution in [0, 0.1) is 6.92 Å². The summed E-state index contributed by atoms with van der Waals surface area (Å²) in [5, 5.41) is 0. The lowest BCUT2D eigenvalue weighted by molar-refractivity contribution is 1.41. The lowest BCUT2D eigenvalue weighted by atomic mass is 10.0. The van der Waals surface area contributed by atoms with Crippen molar-refractivity contribution in [1.29, 1.82) is 0 Å². The zero-order chi connectivity index (χ0) is 9.68. The molecule has 0 unspecified atom stereocenters. The van der Waals surface area contributed by atoms with E-state index in [1.165, 1.54) is 16.7 Å². The van der Waals surface area contributed by atoms with E-state index in [-0.39, 0.29) is 0 Å². The zero-order valence-corrected chi connectivity index (χ0v) is 8.54. The van der Waals surface area contributed by atoms with E-state index in [0.717, 1.165) is 0 Å². The van der Waals surface area contributed by atoms with Crippen LogP contribution in [0.1, 0.15) is 25.0 Å². The van der Waals surface area contributed by atoms with Crippen molar-refractivity contribution >= 4 is 5.57 Å². The second-order valence-electron chi connectivity index (χ2n) is 3.19. The third-order valence-electron chi connectivity index (χ3n) is 2.11. The van der Waals surface area contributed by atoms with E-state index >= 15 is 0 Å². The lowest BCUT2D eigenvalue weighted by Gasteiger charge is -2.04. The summed E-state index contributed by atoms with van der Waals surface area (Å²) >= 11 is 0. The van der Waals surface area contributed by atoms with Crippen LogP contribution in [0.25, 0.3) is 5.57 Å². The minimum atomic E-state index is 1.32. The number of aryl methyl sites for hydroxylation is 1. The first-order valence-corrected chi connectivity index (χ1v) is 4.61. The second kappa shape index (κ2) is 4.66. The first kappa shape index (κ1) is 9.79. The zero-order valence-electron chi connectivity index (χ0n) is 8.54. The van der Waals surface area contributed by atoms with Crippen LogP contribution in [-0.4, -0.2) is 0 Å². The van der Waals surface area contributed by atoms with Crippen LogP contribution in [0.5, 0.6) is 0 Å². The van der Waals surface area contributed by atoms with Gasteiger partial charge in [0.05, 0.1) is 0 Å². The van der Waals surface area contributed by atoms with E-state index in [0.29, 0.717) is 0 Å². The Bertz CT molecular complexity index is 330. The van der Waals surface area contributed by atoms with Crippen LogP contribution < -0.4 is 0 Å². The Morgan fingerprint density at radius 2 is 1.92 bits per heavy atom.